The Morgan fingerprint density at radius 3 is 2.60 bits per heavy atom. The van der Waals surface area contributed by atoms with Crippen LogP contribution in [-0.4, -0.2) is 71.3 Å². The number of benzene rings is 1. The SMILES string of the molecule is C=CCN(C(=O)[C@H]1N([C@@H](CC)CO)C(=O)[C@@H]2[C@@H](C(=O)OCC)[C@H]3CC[C@]21O3)c1c(C)cccc1C. The maximum atomic E-state index is 14.5. The number of carbonyl (C=O) groups is 3. The summed E-state index contributed by atoms with van der Waals surface area (Å²) < 4.78 is 11.8. The predicted molar refractivity (Wildman–Crippen MR) is 131 cm³/mol. The van der Waals surface area contributed by atoms with E-state index in [9.17, 15) is 19.5 Å². The summed E-state index contributed by atoms with van der Waals surface area (Å²) >= 11 is 0. The van der Waals surface area contributed by atoms with Crippen molar-refractivity contribution >= 4 is 23.5 Å². The van der Waals surface area contributed by atoms with Crippen LogP contribution >= 0.6 is 0 Å². The van der Waals surface area contributed by atoms with Crippen LogP contribution in [0.2, 0.25) is 0 Å². The Bertz CT molecular complexity index is 1000. The van der Waals surface area contributed by atoms with Gasteiger partial charge in [0, 0.05) is 12.2 Å². The third-order valence-corrected chi connectivity index (χ3v) is 7.89. The molecule has 1 aromatic rings. The Balaban J connectivity index is 1.84. The molecule has 190 valence electrons. The molecule has 3 aliphatic heterocycles. The van der Waals surface area contributed by atoms with Crippen molar-refractivity contribution in [2.24, 2.45) is 11.8 Å². The number of rotatable bonds is 9. The van der Waals surface area contributed by atoms with E-state index in [2.05, 4.69) is 6.58 Å². The first-order valence-corrected chi connectivity index (χ1v) is 12.5. The van der Waals surface area contributed by atoms with Gasteiger partial charge in [-0.3, -0.25) is 14.4 Å². The van der Waals surface area contributed by atoms with E-state index in [1.807, 2.05) is 39.0 Å². The van der Waals surface area contributed by atoms with Gasteiger partial charge < -0.3 is 24.4 Å². The minimum absolute atomic E-state index is 0.204. The first-order valence-electron chi connectivity index (χ1n) is 12.5. The molecular formula is C27H36N2O6. The van der Waals surface area contributed by atoms with Crippen LogP contribution in [0.3, 0.4) is 0 Å². The fourth-order valence-corrected chi connectivity index (χ4v) is 6.48. The van der Waals surface area contributed by atoms with Crippen LogP contribution < -0.4 is 4.90 Å². The van der Waals surface area contributed by atoms with Gasteiger partial charge in [-0.1, -0.05) is 31.2 Å². The van der Waals surface area contributed by atoms with Gasteiger partial charge in [-0.15, -0.1) is 6.58 Å². The lowest BCUT2D eigenvalue weighted by Gasteiger charge is -2.39. The van der Waals surface area contributed by atoms with E-state index >= 15 is 0 Å². The summed E-state index contributed by atoms with van der Waals surface area (Å²) in [4.78, 5) is 44.5. The molecule has 0 aliphatic carbocycles. The van der Waals surface area contributed by atoms with Gasteiger partial charge in [0.15, 0.2) is 0 Å². The van der Waals surface area contributed by atoms with Crippen molar-refractivity contribution in [2.75, 3.05) is 24.7 Å². The van der Waals surface area contributed by atoms with Crippen molar-refractivity contribution < 1.29 is 29.0 Å². The minimum Gasteiger partial charge on any atom is -0.466 e. The average molecular weight is 485 g/mol. The first kappa shape index (κ1) is 25.4. The minimum atomic E-state index is -1.13. The van der Waals surface area contributed by atoms with E-state index < -0.39 is 41.6 Å². The van der Waals surface area contributed by atoms with Crippen molar-refractivity contribution in [1.29, 1.82) is 0 Å². The van der Waals surface area contributed by atoms with E-state index in [1.54, 1.807) is 17.9 Å². The Morgan fingerprint density at radius 2 is 2.03 bits per heavy atom. The number of carbonyl (C=O) groups excluding carboxylic acids is 3. The molecule has 0 unspecified atom stereocenters. The summed E-state index contributed by atoms with van der Waals surface area (Å²) in [7, 11) is 0. The fourth-order valence-electron chi connectivity index (χ4n) is 6.48. The number of anilines is 1. The second-order valence-electron chi connectivity index (χ2n) is 9.78. The molecule has 3 aliphatic rings. The number of hydrogen-bond donors (Lipinski definition) is 1. The van der Waals surface area contributed by atoms with Gasteiger partial charge in [0.1, 0.15) is 11.6 Å². The van der Waals surface area contributed by atoms with E-state index in [0.717, 1.165) is 16.8 Å². The number of fused-ring (bicyclic) bond motifs is 1. The van der Waals surface area contributed by atoms with Crippen LogP contribution in [0, 0.1) is 25.7 Å². The van der Waals surface area contributed by atoms with E-state index in [1.165, 1.54) is 4.90 Å². The molecule has 2 amide bonds. The molecule has 1 N–H and O–H groups in total. The van der Waals surface area contributed by atoms with Crippen LogP contribution in [0.4, 0.5) is 5.69 Å². The zero-order valence-corrected chi connectivity index (χ0v) is 21.0. The number of esters is 1. The molecule has 3 heterocycles. The lowest BCUT2D eigenvalue weighted by molar-refractivity contribution is -0.155. The molecular weight excluding hydrogens is 448 g/mol. The van der Waals surface area contributed by atoms with Gasteiger partial charge in [-0.2, -0.15) is 0 Å². The Hall–Kier alpha value is -2.71. The molecule has 3 saturated heterocycles. The van der Waals surface area contributed by atoms with Crippen molar-refractivity contribution in [1.82, 2.24) is 4.90 Å². The molecule has 8 nitrogen and oxygen atoms in total. The van der Waals surface area contributed by atoms with Gasteiger partial charge in [0.05, 0.1) is 37.2 Å². The molecule has 2 bridgehead atoms. The van der Waals surface area contributed by atoms with Gasteiger partial charge in [-0.25, -0.2) is 0 Å². The number of aliphatic hydroxyl groups is 1. The van der Waals surface area contributed by atoms with E-state index in [0.29, 0.717) is 19.3 Å². The monoisotopic (exact) mass is 484 g/mol. The molecule has 0 radical (unpaired) electrons. The van der Waals surface area contributed by atoms with Crippen LogP contribution in [0.5, 0.6) is 0 Å². The lowest BCUT2D eigenvalue weighted by Crippen LogP contribution is -2.59. The Labute approximate surface area is 206 Å². The molecule has 1 aromatic carbocycles. The van der Waals surface area contributed by atoms with Crippen molar-refractivity contribution in [3.05, 3.63) is 42.0 Å². The topological polar surface area (TPSA) is 96.4 Å². The first-order chi connectivity index (χ1) is 16.8. The van der Waals surface area contributed by atoms with Crippen LogP contribution in [-0.2, 0) is 23.9 Å². The molecule has 35 heavy (non-hydrogen) atoms. The highest BCUT2D eigenvalue weighted by molar-refractivity contribution is 6.05. The third kappa shape index (κ3) is 3.78. The zero-order chi connectivity index (χ0) is 25.5. The van der Waals surface area contributed by atoms with Crippen molar-refractivity contribution in [3.63, 3.8) is 0 Å². The van der Waals surface area contributed by atoms with Gasteiger partial charge >= 0.3 is 5.97 Å². The summed E-state index contributed by atoms with van der Waals surface area (Å²) in [6, 6.07) is 4.31. The highest BCUT2D eigenvalue weighted by Gasteiger charge is 2.75. The number of nitrogens with zero attached hydrogens (tertiary/aromatic N) is 2. The van der Waals surface area contributed by atoms with E-state index in [-0.39, 0.29) is 31.6 Å². The Kier molecular flexibility index (Phi) is 7.06. The molecule has 8 heteroatoms. The highest BCUT2D eigenvalue weighted by atomic mass is 16.6. The second kappa shape index (κ2) is 9.74. The number of ether oxygens (including phenoxy) is 2. The molecule has 3 fully saturated rings. The van der Waals surface area contributed by atoms with Gasteiger partial charge in [0.2, 0.25) is 5.91 Å². The zero-order valence-electron chi connectivity index (χ0n) is 21.0. The van der Waals surface area contributed by atoms with Crippen LogP contribution in [0.15, 0.2) is 30.9 Å². The number of aliphatic hydroxyl groups excluding tert-OH is 1. The lowest BCUT2D eigenvalue weighted by atomic mass is 9.70. The predicted octanol–water partition coefficient (Wildman–Crippen LogP) is 2.53. The van der Waals surface area contributed by atoms with Crippen LogP contribution in [0.25, 0.3) is 0 Å². The average Bonchev–Trinajstić information content (AvgIpc) is 3.47. The number of aryl methyl sites for hydroxylation is 2. The smallest absolute Gasteiger partial charge is 0.312 e. The molecule has 1 spiro atoms. The summed E-state index contributed by atoms with van der Waals surface area (Å²) in [6.07, 6.45) is 2.74. The van der Waals surface area contributed by atoms with Crippen molar-refractivity contribution in [2.45, 2.75) is 70.7 Å². The quantitative estimate of drug-likeness (QED) is 0.428. The standard InChI is InChI=1S/C27H36N2O6/c1-6-14-28(22-16(4)10-9-11-17(22)5)25(32)23-27-13-12-19(35-27)20(26(33)34-8-3)21(27)24(31)29(23)18(7-2)15-30/h6,9-11,18-21,23,30H,1,7-8,12-15H2,2-5H3/t18-,19+,20-,21-,23+,27-/m0/s1. The number of likely N-dealkylation sites (tertiary alicyclic amines) is 1. The normalized spacial score (nSPS) is 29.7. The summed E-state index contributed by atoms with van der Waals surface area (Å²) in [5.74, 6) is -2.61. The number of para-hydroxylation sites is 1. The van der Waals surface area contributed by atoms with Gasteiger partial charge in [0.25, 0.3) is 5.91 Å². The summed E-state index contributed by atoms with van der Waals surface area (Å²) in [5.41, 5.74) is 1.51. The number of hydrogen-bond acceptors (Lipinski definition) is 6. The molecule has 6 atom stereocenters. The van der Waals surface area contributed by atoms with Crippen LogP contribution in [0.1, 0.15) is 44.2 Å². The fraction of sp³-hybridized carbons (Fsp3) is 0.593. The number of amides is 2. The molecule has 0 aromatic heterocycles. The maximum Gasteiger partial charge on any atom is 0.312 e. The Morgan fingerprint density at radius 1 is 1.34 bits per heavy atom. The summed E-state index contributed by atoms with van der Waals surface area (Å²) in [5, 5.41) is 10.2. The van der Waals surface area contributed by atoms with Gasteiger partial charge in [-0.05, 0) is 51.2 Å². The highest BCUT2D eigenvalue weighted by Crippen LogP contribution is 2.59. The van der Waals surface area contributed by atoms with Crippen molar-refractivity contribution in [3.8, 4) is 0 Å². The molecule has 0 saturated carbocycles. The maximum absolute atomic E-state index is 14.5. The largest absolute Gasteiger partial charge is 0.466 e. The third-order valence-electron chi connectivity index (χ3n) is 7.89. The van der Waals surface area contributed by atoms with E-state index in [4.69, 9.17) is 9.47 Å². The summed E-state index contributed by atoms with van der Waals surface area (Å²) in [6.45, 7) is 11.5. The molecule has 4 rings (SSSR count). The second-order valence-corrected chi connectivity index (χ2v) is 9.78.